The van der Waals surface area contributed by atoms with Gasteiger partial charge in [-0.1, -0.05) is 42.1 Å². The molecule has 168 valence electrons. The first-order valence-electron chi connectivity index (χ1n) is 9.68. The number of nitrogens with two attached hydrogens (primary N) is 1. The second kappa shape index (κ2) is 8.80. The summed E-state index contributed by atoms with van der Waals surface area (Å²) in [5.74, 6) is -0.725. The van der Waals surface area contributed by atoms with Crippen molar-refractivity contribution >= 4 is 33.2 Å². The Morgan fingerprint density at radius 3 is 2.42 bits per heavy atom. The molecule has 0 aliphatic heterocycles. The first-order valence-corrected chi connectivity index (χ1v) is 11.7. The summed E-state index contributed by atoms with van der Waals surface area (Å²) in [4.78, 5) is 14.5. The number of hydrogen-bond donors (Lipinski definition) is 1. The second-order valence-electron chi connectivity index (χ2n) is 7.68. The van der Waals surface area contributed by atoms with E-state index in [0.29, 0.717) is 12.8 Å². The third-order valence-corrected chi connectivity index (χ3v) is 7.06. The zero-order valence-corrected chi connectivity index (χ0v) is 18.3. The van der Waals surface area contributed by atoms with Gasteiger partial charge in [-0.25, -0.2) is 13.6 Å². The number of aryl methyl sites for hydroxylation is 1. The summed E-state index contributed by atoms with van der Waals surface area (Å²) in [6.45, 7) is 1.75. The van der Waals surface area contributed by atoms with Gasteiger partial charge >= 0.3 is 6.18 Å². The summed E-state index contributed by atoms with van der Waals surface area (Å²) in [5.41, 5.74) is -0.657. The number of rotatable bonds is 4. The molecular weight excluding hydrogens is 453 g/mol. The monoisotopic (exact) mass is 474 g/mol. The first-order chi connectivity index (χ1) is 14.4. The van der Waals surface area contributed by atoms with Gasteiger partial charge in [0.1, 0.15) is 0 Å². The molecule has 1 amide bonds. The van der Waals surface area contributed by atoms with Crippen LogP contribution in [0.2, 0.25) is 5.02 Å². The summed E-state index contributed by atoms with van der Waals surface area (Å²) >= 11 is 5.81. The Kier molecular flexibility index (Phi) is 6.69. The van der Waals surface area contributed by atoms with Crippen LogP contribution in [-0.4, -0.2) is 25.6 Å². The highest BCUT2D eigenvalue weighted by molar-refractivity contribution is 7.89. The predicted molar refractivity (Wildman–Crippen MR) is 114 cm³/mol. The van der Waals surface area contributed by atoms with Crippen molar-refractivity contribution in [2.75, 3.05) is 4.90 Å². The molecule has 1 saturated carbocycles. The Morgan fingerprint density at radius 1 is 1.13 bits per heavy atom. The van der Waals surface area contributed by atoms with E-state index in [-0.39, 0.29) is 23.4 Å². The molecule has 0 spiro atoms. The van der Waals surface area contributed by atoms with Crippen molar-refractivity contribution in [1.82, 2.24) is 0 Å². The quantitative estimate of drug-likeness (QED) is 0.683. The molecular formula is C21H22ClF3N2O3S. The average molecular weight is 475 g/mol. The van der Waals surface area contributed by atoms with E-state index in [1.165, 1.54) is 12.1 Å². The molecule has 2 unspecified atom stereocenters. The van der Waals surface area contributed by atoms with Crippen molar-refractivity contribution < 1.29 is 26.4 Å². The van der Waals surface area contributed by atoms with Crippen molar-refractivity contribution in [1.29, 1.82) is 0 Å². The number of anilines is 1. The van der Waals surface area contributed by atoms with Crippen LogP contribution in [0.3, 0.4) is 0 Å². The molecule has 1 aliphatic carbocycles. The van der Waals surface area contributed by atoms with Gasteiger partial charge in [0, 0.05) is 10.6 Å². The van der Waals surface area contributed by atoms with Crippen molar-refractivity contribution in [3.8, 4) is 0 Å². The summed E-state index contributed by atoms with van der Waals surface area (Å²) in [7, 11) is -4.11. The largest absolute Gasteiger partial charge is 0.418 e. The van der Waals surface area contributed by atoms with Gasteiger partial charge in [-0.15, -0.1) is 0 Å². The Balaban J connectivity index is 2.24. The molecule has 3 rings (SSSR count). The SMILES string of the molecule is Cc1cccc(C(=O)N(c2ccc(Cl)cc2C(F)(F)F)C2CCCCC2S(N)(=O)=O)c1. The minimum atomic E-state index is -4.81. The van der Waals surface area contributed by atoms with Crippen molar-refractivity contribution in [3.05, 3.63) is 64.2 Å². The number of benzene rings is 2. The molecule has 2 aromatic rings. The van der Waals surface area contributed by atoms with E-state index in [1.54, 1.807) is 25.1 Å². The van der Waals surface area contributed by atoms with E-state index in [0.717, 1.165) is 22.6 Å². The third-order valence-electron chi connectivity index (χ3n) is 5.43. The van der Waals surface area contributed by atoms with E-state index in [2.05, 4.69) is 0 Å². The number of amides is 1. The smallest absolute Gasteiger partial charge is 0.303 e. The normalized spacial score (nSPS) is 19.8. The van der Waals surface area contributed by atoms with E-state index in [1.807, 2.05) is 0 Å². The lowest BCUT2D eigenvalue weighted by atomic mass is 9.92. The molecule has 0 saturated heterocycles. The summed E-state index contributed by atoms with van der Waals surface area (Å²) in [5, 5.41) is 4.10. The van der Waals surface area contributed by atoms with Gasteiger partial charge in [0.25, 0.3) is 5.91 Å². The van der Waals surface area contributed by atoms with Gasteiger partial charge in [0.15, 0.2) is 0 Å². The standard InChI is InChI=1S/C21H22ClF3N2O3S/c1-13-5-4-6-14(11-13)20(28)27(18-7-2-3-8-19(18)31(26,29)30)17-10-9-15(22)12-16(17)21(23,24)25/h4-6,9-12,18-19H,2-3,7-8H2,1H3,(H2,26,29,30). The number of alkyl halides is 3. The van der Waals surface area contributed by atoms with Crippen LogP contribution in [0.4, 0.5) is 18.9 Å². The maximum Gasteiger partial charge on any atom is 0.418 e. The molecule has 0 aromatic heterocycles. The van der Waals surface area contributed by atoms with E-state index in [9.17, 15) is 26.4 Å². The summed E-state index contributed by atoms with van der Waals surface area (Å²) in [6.07, 6.45) is -3.33. The van der Waals surface area contributed by atoms with Crippen LogP contribution in [0, 0.1) is 6.92 Å². The molecule has 31 heavy (non-hydrogen) atoms. The van der Waals surface area contributed by atoms with E-state index < -0.39 is 44.6 Å². The van der Waals surface area contributed by atoms with Gasteiger partial charge in [-0.05, 0) is 50.1 Å². The molecule has 1 aliphatic rings. The molecule has 1 fully saturated rings. The highest BCUT2D eigenvalue weighted by atomic mass is 35.5. The Morgan fingerprint density at radius 2 is 1.81 bits per heavy atom. The number of primary sulfonamides is 1. The molecule has 5 nitrogen and oxygen atoms in total. The Labute approximate surface area is 184 Å². The van der Waals surface area contributed by atoms with Crippen LogP contribution in [-0.2, 0) is 16.2 Å². The zero-order chi connectivity index (χ0) is 23.0. The second-order valence-corrected chi connectivity index (χ2v) is 9.90. The van der Waals surface area contributed by atoms with Crippen molar-refractivity contribution in [3.63, 3.8) is 0 Å². The molecule has 2 N–H and O–H groups in total. The topological polar surface area (TPSA) is 80.5 Å². The average Bonchev–Trinajstić information content (AvgIpc) is 2.68. The molecule has 2 aromatic carbocycles. The van der Waals surface area contributed by atoms with Crippen LogP contribution in [0.25, 0.3) is 0 Å². The van der Waals surface area contributed by atoms with Gasteiger partial charge in [-0.2, -0.15) is 13.2 Å². The predicted octanol–water partition coefficient (Wildman–Crippen LogP) is 4.91. The lowest BCUT2D eigenvalue weighted by molar-refractivity contribution is -0.137. The lowest BCUT2D eigenvalue weighted by Crippen LogP contribution is -2.53. The fraction of sp³-hybridized carbons (Fsp3) is 0.381. The fourth-order valence-electron chi connectivity index (χ4n) is 4.06. The first kappa shape index (κ1) is 23.6. The fourth-order valence-corrected chi connectivity index (χ4v) is 5.42. The van der Waals surface area contributed by atoms with Crippen LogP contribution < -0.4 is 10.0 Å². The van der Waals surface area contributed by atoms with Crippen LogP contribution in [0.1, 0.15) is 47.2 Å². The van der Waals surface area contributed by atoms with Crippen LogP contribution in [0.5, 0.6) is 0 Å². The Hall–Kier alpha value is -2.10. The summed E-state index contributed by atoms with van der Waals surface area (Å²) < 4.78 is 66.2. The highest BCUT2D eigenvalue weighted by Crippen LogP contribution is 2.41. The number of nitrogens with zero attached hydrogens (tertiary/aromatic N) is 1. The minimum absolute atomic E-state index is 0.148. The maximum atomic E-state index is 13.9. The lowest BCUT2D eigenvalue weighted by Gasteiger charge is -2.40. The summed E-state index contributed by atoms with van der Waals surface area (Å²) in [6, 6.07) is 8.45. The van der Waals surface area contributed by atoms with Gasteiger partial charge in [-0.3, -0.25) is 4.79 Å². The number of hydrogen-bond acceptors (Lipinski definition) is 3. The maximum absolute atomic E-state index is 13.9. The minimum Gasteiger partial charge on any atom is -0.303 e. The number of carbonyl (C=O) groups is 1. The number of sulfonamides is 1. The molecule has 10 heteroatoms. The van der Waals surface area contributed by atoms with Crippen LogP contribution in [0.15, 0.2) is 42.5 Å². The molecule has 0 heterocycles. The molecule has 0 radical (unpaired) electrons. The number of carbonyl (C=O) groups excluding carboxylic acids is 1. The van der Waals surface area contributed by atoms with Crippen molar-refractivity contribution in [2.45, 2.75) is 50.1 Å². The number of halogens is 4. The van der Waals surface area contributed by atoms with E-state index in [4.69, 9.17) is 16.7 Å². The highest BCUT2D eigenvalue weighted by Gasteiger charge is 2.43. The van der Waals surface area contributed by atoms with Gasteiger partial charge < -0.3 is 4.90 Å². The van der Waals surface area contributed by atoms with Gasteiger partial charge in [0.2, 0.25) is 10.0 Å². The zero-order valence-electron chi connectivity index (χ0n) is 16.7. The van der Waals surface area contributed by atoms with Crippen molar-refractivity contribution in [2.24, 2.45) is 5.14 Å². The Bertz CT molecular complexity index is 1090. The van der Waals surface area contributed by atoms with Crippen LogP contribution >= 0.6 is 11.6 Å². The third kappa shape index (κ3) is 5.22. The van der Waals surface area contributed by atoms with E-state index >= 15 is 0 Å². The molecule has 2 atom stereocenters. The van der Waals surface area contributed by atoms with Gasteiger partial charge in [0.05, 0.1) is 22.5 Å². The molecule has 0 bridgehead atoms.